The molecule has 112 valence electrons. The molecule has 3 rings (SSSR count). The molecule has 0 bridgehead atoms. The van der Waals surface area contributed by atoms with Crippen molar-refractivity contribution in [1.29, 1.82) is 0 Å². The monoisotopic (exact) mass is 312 g/mol. The molecule has 0 N–H and O–H groups in total. The van der Waals surface area contributed by atoms with Gasteiger partial charge in [0.15, 0.2) is 10.5 Å². The molecular formula is C16H16N4OS. The molecule has 0 aliphatic carbocycles. The van der Waals surface area contributed by atoms with Crippen molar-refractivity contribution in [3.63, 3.8) is 0 Å². The maximum Gasteiger partial charge on any atom is 0.300 e. The van der Waals surface area contributed by atoms with Crippen LogP contribution in [0.15, 0.2) is 48.1 Å². The maximum absolute atomic E-state index is 12.4. The van der Waals surface area contributed by atoms with Gasteiger partial charge in [-0.1, -0.05) is 29.5 Å². The van der Waals surface area contributed by atoms with Crippen LogP contribution in [-0.4, -0.2) is 20.3 Å². The second-order valence-electron chi connectivity index (χ2n) is 5.00. The molecule has 0 atom stereocenters. The topological polar surface area (TPSA) is 52.2 Å². The molecule has 3 aromatic rings. The minimum Gasteiger partial charge on any atom is -0.312 e. The Morgan fingerprint density at radius 2 is 2.23 bits per heavy atom. The third-order valence-electron chi connectivity index (χ3n) is 3.31. The summed E-state index contributed by atoms with van der Waals surface area (Å²) in [6.45, 7) is 6.25. The summed E-state index contributed by atoms with van der Waals surface area (Å²) < 4.78 is 4.71. The molecule has 0 saturated heterocycles. The molecule has 2 heterocycles. The molecule has 0 fully saturated rings. The number of hydrogen-bond donors (Lipinski definition) is 0. The van der Waals surface area contributed by atoms with E-state index in [0.717, 1.165) is 15.8 Å². The van der Waals surface area contributed by atoms with E-state index in [0.29, 0.717) is 17.0 Å². The summed E-state index contributed by atoms with van der Waals surface area (Å²) in [6.07, 6.45) is 3.61. The van der Waals surface area contributed by atoms with Crippen LogP contribution in [0.3, 0.4) is 0 Å². The van der Waals surface area contributed by atoms with Crippen LogP contribution in [0.1, 0.15) is 16.1 Å². The first-order valence-corrected chi connectivity index (χ1v) is 7.70. The summed E-state index contributed by atoms with van der Waals surface area (Å²) >= 11 is 1.49. The van der Waals surface area contributed by atoms with Crippen LogP contribution < -0.4 is 4.80 Å². The molecule has 1 aromatic carbocycles. The number of thiazole rings is 1. The average Bonchev–Trinajstić information content (AvgIpc) is 3.00. The van der Waals surface area contributed by atoms with Gasteiger partial charge in [-0.3, -0.25) is 9.48 Å². The number of para-hydroxylation sites is 1. The number of hydrogen-bond acceptors (Lipinski definition) is 3. The summed E-state index contributed by atoms with van der Waals surface area (Å²) in [5, 5.41) is 4.18. The van der Waals surface area contributed by atoms with Crippen molar-refractivity contribution in [2.45, 2.75) is 13.5 Å². The molecule has 2 aromatic heterocycles. The van der Waals surface area contributed by atoms with Gasteiger partial charge in [0.05, 0.1) is 10.2 Å². The van der Waals surface area contributed by atoms with Gasteiger partial charge in [-0.05, 0) is 19.1 Å². The molecule has 0 unspecified atom stereocenters. The van der Waals surface area contributed by atoms with E-state index in [9.17, 15) is 4.79 Å². The number of carbonyl (C=O) groups excluding carboxylic acids is 1. The third kappa shape index (κ3) is 2.53. The maximum atomic E-state index is 12.4. The average molecular weight is 312 g/mol. The first kappa shape index (κ1) is 14.5. The Balaban J connectivity index is 2.16. The van der Waals surface area contributed by atoms with Crippen LogP contribution in [0.4, 0.5) is 0 Å². The molecule has 1 amide bonds. The van der Waals surface area contributed by atoms with Gasteiger partial charge in [-0.25, -0.2) is 0 Å². The number of benzene rings is 1. The molecule has 0 saturated carbocycles. The van der Waals surface area contributed by atoms with Gasteiger partial charge in [0, 0.05) is 25.4 Å². The number of fused-ring (bicyclic) bond motifs is 1. The second-order valence-corrected chi connectivity index (χ2v) is 6.01. The molecule has 0 radical (unpaired) electrons. The van der Waals surface area contributed by atoms with Crippen molar-refractivity contribution in [3.8, 4) is 0 Å². The van der Waals surface area contributed by atoms with Crippen LogP contribution >= 0.6 is 11.3 Å². The second kappa shape index (κ2) is 5.73. The first-order valence-electron chi connectivity index (χ1n) is 6.88. The van der Waals surface area contributed by atoms with E-state index in [2.05, 4.69) is 16.7 Å². The summed E-state index contributed by atoms with van der Waals surface area (Å²) in [6, 6.07) is 7.99. The lowest BCUT2D eigenvalue weighted by Gasteiger charge is -2.00. The number of amides is 1. The van der Waals surface area contributed by atoms with Gasteiger partial charge in [0.2, 0.25) is 0 Å². The summed E-state index contributed by atoms with van der Waals surface area (Å²) in [5.74, 6) is -0.317. The first-order chi connectivity index (χ1) is 10.6. The summed E-state index contributed by atoms with van der Waals surface area (Å²) in [7, 11) is 1.79. The lowest BCUT2D eigenvalue weighted by atomic mass is 10.3. The number of aromatic nitrogens is 3. The molecule has 22 heavy (non-hydrogen) atoms. The zero-order valence-electron chi connectivity index (χ0n) is 12.5. The number of rotatable bonds is 3. The van der Waals surface area contributed by atoms with Crippen LogP contribution in [0, 0.1) is 6.92 Å². The lowest BCUT2D eigenvalue weighted by molar-refractivity contribution is 0.0992. The molecule has 6 heteroatoms. The number of aryl methyl sites for hydroxylation is 2. The number of allylic oxidation sites excluding steroid dienone is 1. The van der Waals surface area contributed by atoms with Crippen molar-refractivity contribution >= 4 is 27.5 Å². The van der Waals surface area contributed by atoms with E-state index in [1.54, 1.807) is 17.8 Å². The Morgan fingerprint density at radius 1 is 1.45 bits per heavy atom. The number of nitrogens with zero attached hydrogens (tertiary/aromatic N) is 4. The highest BCUT2D eigenvalue weighted by atomic mass is 32.1. The molecule has 5 nitrogen and oxygen atoms in total. The highest BCUT2D eigenvalue weighted by molar-refractivity contribution is 7.16. The van der Waals surface area contributed by atoms with E-state index < -0.39 is 0 Å². The molecule has 0 aliphatic rings. The van der Waals surface area contributed by atoms with Crippen LogP contribution in [0.25, 0.3) is 10.2 Å². The van der Waals surface area contributed by atoms with E-state index in [-0.39, 0.29) is 5.91 Å². The van der Waals surface area contributed by atoms with Crippen LogP contribution in [-0.2, 0) is 13.6 Å². The van der Waals surface area contributed by atoms with Gasteiger partial charge in [-0.2, -0.15) is 10.1 Å². The largest absolute Gasteiger partial charge is 0.312 e. The van der Waals surface area contributed by atoms with E-state index in [4.69, 9.17) is 0 Å². The molecule has 0 aliphatic heterocycles. The predicted octanol–water partition coefficient (Wildman–Crippen LogP) is 2.67. The Labute approximate surface area is 131 Å². The fourth-order valence-corrected chi connectivity index (χ4v) is 3.41. The van der Waals surface area contributed by atoms with Crippen molar-refractivity contribution in [2.75, 3.05) is 0 Å². The van der Waals surface area contributed by atoms with Crippen molar-refractivity contribution < 1.29 is 4.79 Å². The molecular weight excluding hydrogens is 296 g/mol. The third-order valence-corrected chi connectivity index (χ3v) is 4.37. The highest BCUT2D eigenvalue weighted by Crippen LogP contribution is 2.17. The Bertz CT molecular complexity index is 929. The predicted molar refractivity (Wildman–Crippen MR) is 87.9 cm³/mol. The summed E-state index contributed by atoms with van der Waals surface area (Å²) in [5.41, 5.74) is 2.27. The standard InChI is InChI=1S/C16H16N4OS/c1-4-9-20-12-7-5-6-8-13(12)22-16(20)17-15(21)14-11(2)10-19(3)18-14/h4-8,10H,1,9H2,2-3H3. The van der Waals surface area contributed by atoms with Gasteiger partial charge in [-0.15, -0.1) is 6.58 Å². The Morgan fingerprint density at radius 3 is 2.91 bits per heavy atom. The van der Waals surface area contributed by atoms with Crippen molar-refractivity contribution in [1.82, 2.24) is 14.3 Å². The lowest BCUT2D eigenvalue weighted by Crippen LogP contribution is -2.16. The van der Waals surface area contributed by atoms with Gasteiger partial charge in [0.1, 0.15) is 0 Å². The normalized spacial score (nSPS) is 12.0. The minimum atomic E-state index is -0.317. The van der Waals surface area contributed by atoms with Gasteiger partial charge >= 0.3 is 0 Å². The fourth-order valence-electron chi connectivity index (χ4n) is 2.37. The zero-order valence-corrected chi connectivity index (χ0v) is 13.3. The van der Waals surface area contributed by atoms with E-state index in [1.165, 1.54) is 11.3 Å². The summed E-state index contributed by atoms with van der Waals surface area (Å²) in [4.78, 5) is 17.3. The van der Waals surface area contributed by atoms with Crippen molar-refractivity contribution in [2.24, 2.45) is 12.0 Å². The minimum absolute atomic E-state index is 0.317. The SMILES string of the molecule is C=CCn1c(=NC(=O)c2nn(C)cc2C)sc2ccccc21. The molecule has 0 spiro atoms. The Hall–Kier alpha value is -2.47. The fraction of sp³-hybridized carbons (Fsp3) is 0.188. The van der Waals surface area contributed by atoms with Crippen LogP contribution in [0.5, 0.6) is 0 Å². The van der Waals surface area contributed by atoms with E-state index in [1.807, 2.05) is 42.0 Å². The van der Waals surface area contributed by atoms with E-state index >= 15 is 0 Å². The zero-order chi connectivity index (χ0) is 15.7. The smallest absolute Gasteiger partial charge is 0.300 e. The van der Waals surface area contributed by atoms with Gasteiger partial charge in [0.25, 0.3) is 5.91 Å². The number of carbonyl (C=O) groups is 1. The Kier molecular flexibility index (Phi) is 3.77. The quantitative estimate of drug-likeness (QED) is 0.698. The van der Waals surface area contributed by atoms with Crippen molar-refractivity contribution in [3.05, 3.63) is 59.2 Å². The van der Waals surface area contributed by atoms with Crippen LogP contribution in [0.2, 0.25) is 0 Å². The van der Waals surface area contributed by atoms with Gasteiger partial charge < -0.3 is 4.57 Å². The highest BCUT2D eigenvalue weighted by Gasteiger charge is 2.13.